The predicted octanol–water partition coefficient (Wildman–Crippen LogP) is 4.24. The van der Waals surface area contributed by atoms with Gasteiger partial charge in [0.15, 0.2) is 0 Å². The summed E-state index contributed by atoms with van der Waals surface area (Å²) in [7, 11) is 0. The summed E-state index contributed by atoms with van der Waals surface area (Å²) in [6, 6.07) is 12.2. The number of non-ortho nitro benzene ring substituents is 1. The zero-order chi connectivity index (χ0) is 28.0. The highest BCUT2D eigenvalue weighted by Crippen LogP contribution is 2.26. The Morgan fingerprint density at radius 2 is 1.76 bits per heavy atom. The Balaban J connectivity index is 1.69. The lowest BCUT2D eigenvalue weighted by Crippen LogP contribution is -2.48. The molecule has 0 spiro atoms. The van der Waals surface area contributed by atoms with Crippen LogP contribution in [-0.2, 0) is 14.3 Å². The highest BCUT2D eigenvalue weighted by Gasteiger charge is 2.43. The molecule has 2 aromatic rings. The molecular formula is C26H28N4O8. The van der Waals surface area contributed by atoms with Gasteiger partial charge in [0.05, 0.1) is 29.1 Å². The molecule has 1 heterocycles. The molecule has 0 aliphatic carbocycles. The van der Waals surface area contributed by atoms with Crippen LogP contribution in [0.5, 0.6) is 5.75 Å². The molecule has 0 aromatic heterocycles. The van der Waals surface area contributed by atoms with Gasteiger partial charge >= 0.3 is 12.2 Å². The molecule has 12 heteroatoms. The second-order valence-corrected chi connectivity index (χ2v) is 9.69. The number of likely N-dealkylation sites (tertiary alicyclic amines) is 1. The first-order valence-electron chi connectivity index (χ1n) is 11.8. The lowest BCUT2D eigenvalue weighted by molar-refractivity contribution is -0.384. The number of ether oxygens (including phenoxy) is 3. The van der Waals surface area contributed by atoms with E-state index in [0.29, 0.717) is 5.56 Å². The maximum atomic E-state index is 13.2. The third kappa shape index (κ3) is 7.42. The van der Waals surface area contributed by atoms with Crippen LogP contribution in [0, 0.1) is 21.4 Å². The average Bonchev–Trinajstić information content (AvgIpc) is 3.27. The Morgan fingerprint density at radius 1 is 1.13 bits per heavy atom. The molecule has 12 nitrogen and oxygen atoms in total. The van der Waals surface area contributed by atoms with Gasteiger partial charge in [-0.15, -0.1) is 0 Å². The first kappa shape index (κ1) is 27.9. The van der Waals surface area contributed by atoms with Gasteiger partial charge in [-0.05, 0) is 57.5 Å². The normalized spacial score (nSPS) is 17.6. The van der Waals surface area contributed by atoms with Crippen LogP contribution in [0.4, 0.5) is 15.3 Å². The van der Waals surface area contributed by atoms with E-state index in [-0.39, 0.29) is 24.4 Å². The number of nitriles is 1. The minimum Gasteiger partial charge on any atom is -0.444 e. The second-order valence-electron chi connectivity index (χ2n) is 9.69. The fraction of sp³-hybridized carbons (Fsp3) is 0.385. The number of nitrogens with one attached hydrogen (secondary N) is 1. The van der Waals surface area contributed by atoms with Crippen LogP contribution in [-0.4, -0.2) is 52.3 Å². The van der Waals surface area contributed by atoms with Gasteiger partial charge in [0.25, 0.3) is 5.69 Å². The molecule has 1 aliphatic heterocycles. The molecule has 1 aliphatic rings. The molecular weight excluding hydrogens is 496 g/mol. The van der Waals surface area contributed by atoms with E-state index in [2.05, 4.69) is 5.32 Å². The number of carbonyl (C=O) groups is 3. The summed E-state index contributed by atoms with van der Waals surface area (Å²) in [5.41, 5.74) is 0.263. The van der Waals surface area contributed by atoms with Crippen molar-refractivity contribution in [3.05, 3.63) is 69.8 Å². The maximum Gasteiger partial charge on any atom is 0.514 e. The summed E-state index contributed by atoms with van der Waals surface area (Å²) in [6.45, 7) is 6.74. The number of amides is 2. The summed E-state index contributed by atoms with van der Waals surface area (Å²) >= 11 is 0. The van der Waals surface area contributed by atoms with E-state index in [1.54, 1.807) is 52.0 Å². The number of nitro benzene ring substituents is 1. The van der Waals surface area contributed by atoms with Gasteiger partial charge < -0.3 is 19.5 Å². The molecule has 200 valence electrons. The minimum atomic E-state index is -1.08. The smallest absolute Gasteiger partial charge is 0.444 e. The highest BCUT2D eigenvalue weighted by molar-refractivity contribution is 5.87. The van der Waals surface area contributed by atoms with Crippen molar-refractivity contribution in [1.29, 1.82) is 5.26 Å². The summed E-state index contributed by atoms with van der Waals surface area (Å²) < 4.78 is 15.9. The van der Waals surface area contributed by atoms with Crippen LogP contribution in [0.3, 0.4) is 0 Å². The largest absolute Gasteiger partial charge is 0.514 e. The van der Waals surface area contributed by atoms with Crippen LogP contribution in [0.25, 0.3) is 0 Å². The monoisotopic (exact) mass is 524 g/mol. The van der Waals surface area contributed by atoms with Crippen molar-refractivity contribution in [2.24, 2.45) is 0 Å². The number of nitrogens with zero attached hydrogens (tertiary/aromatic N) is 3. The fourth-order valence-electron chi connectivity index (χ4n) is 3.79. The Hall–Kier alpha value is -4.66. The van der Waals surface area contributed by atoms with Crippen LogP contribution < -0.4 is 10.1 Å². The van der Waals surface area contributed by atoms with Gasteiger partial charge in [-0.3, -0.25) is 19.8 Å². The van der Waals surface area contributed by atoms with E-state index < -0.39 is 46.9 Å². The third-order valence-corrected chi connectivity index (χ3v) is 5.60. The standard InChI is InChI=1S/C26H28N4O8/c1-16(18-7-5-17(14-27)6-8-18)28-23(31)22-13-21(15-29(22)24(32)38-26(2,3)4)37-25(33)36-20-11-9-19(10-12-20)30(34)35/h5-12,16,21-22H,13,15H2,1-4H3,(H,28,31)/t16-,21+,22-/m0/s1. The number of hydrogen-bond acceptors (Lipinski definition) is 9. The number of hydrogen-bond donors (Lipinski definition) is 1. The van der Waals surface area contributed by atoms with Crippen molar-refractivity contribution in [2.75, 3.05) is 6.54 Å². The van der Waals surface area contributed by atoms with Crippen molar-refractivity contribution < 1.29 is 33.5 Å². The highest BCUT2D eigenvalue weighted by atomic mass is 16.7. The van der Waals surface area contributed by atoms with E-state index in [1.165, 1.54) is 29.2 Å². The van der Waals surface area contributed by atoms with Crippen molar-refractivity contribution in [1.82, 2.24) is 10.2 Å². The molecule has 0 bridgehead atoms. The van der Waals surface area contributed by atoms with Gasteiger partial charge in [-0.1, -0.05) is 12.1 Å². The van der Waals surface area contributed by atoms with Crippen molar-refractivity contribution >= 4 is 23.8 Å². The van der Waals surface area contributed by atoms with Crippen LogP contribution >= 0.6 is 0 Å². The summed E-state index contributed by atoms with van der Waals surface area (Å²) in [5, 5.41) is 22.6. The molecule has 0 radical (unpaired) electrons. The molecule has 38 heavy (non-hydrogen) atoms. The molecule has 3 rings (SSSR count). The van der Waals surface area contributed by atoms with E-state index in [4.69, 9.17) is 19.5 Å². The molecule has 1 N–H and O–H groups in total. The number of nitro groups is 1. The van der Waals surface area contributed by atoms with E-state index in [1.807, 2.05) is 6.07 Å². The van der Waals surface area contributed by atoms with E-state index >= 15 is 0 Å². The van der Waals surface area contributed by atoms with Crippen LogP contribution in [0.1, 0.15) is 51.3 Å². The SMILES string of the molecule is C[C@H](NC(=O)[C@@H]1C[C@@H](OC(=O)Oc2ccc([N+](=O)[O-])cc2)CN1C(=O)OC(C)(C)C)c1ccc(C#N)cc1. The summed E-state index contributed by atoms with van der Waals surface area (Å²) in [4.78, 5) is 49.8. The molecule has 0 saturated carbocycles. The summed E-state index contributed by atoms with van der Waals surface area (Å²) in [6.07, 6.45) is -2.69. The second kappa shape index (κ2) is 11.6. The topological polar surface area (TPSA) is 161 Å². The zero-order valence-electron chi connectivity index (χ0n) is 21.4. The molecule has 0 unspecified atom stereocenters. The van der Waals surface area contributed by atoms with Gasteiger partial charge in [0.1, 0.15) is 23.5 Å². The van der Waals surface area contributed by atoms with Crippen molar-refractivity contribution in [2.45, 2.75) is 57.9 Å². The van der Waals surface area contributed by atoms with Gasteiger partial charge in [-0.2, -0.15) is 5.26 Å². The molecule has 2 aromatic carbocycles. The zero-order valence-corrected chi connectivity index (χ0v) is 21.4. The Kier molecular flexibility index (Phi) is 8.52. The van der Waals surface area contributed by atoms with E-state index in [9.17, 15) is 24.5 Å². The van der Waals surface area contributed by atoms with Crippen molar-refractivity contribution in [3.8, 4) is 11.8 Å². The Morgan fingerprint density at radius 3 is 2.32 bits per heavy atom. The maximum absolute atomic E-state index is 13.2. The number of carbonyl (C=O) groups excluding carboxylic acids is 3. The lowest BCUT2D eigenvalue weighted by atomic mass is 10.1. The van der Waals surface area contributed by atoms with Gasteiger partial charge in [0.2, 0.25) is 5.91 Å². The van der Waals surface area contributed by atoms with Crippen molar-refractivity contribution in [3.63, 3.8) is 0 Å². The Bertz CT molecular complexity index is 1230. The first-order valence-corrected chi connectivity index (χ1v) is 11.8. The van der Waals surface area contributed by atoms with Gasteiger partial charge in [0, 0.05) is 18.6 Å². The van der Waals surface area contributed by atoms with Crippen LogP contribution in [0.15, 0.2) is 48.5 Å². The molecule has 2 amide bonds. The minimum absolute atomic E-state index is 0.000524. The number of benzene rings is 2. The fourth-order valence-corrected chi connectivity index (χ4v) is 3.79. The quantitative estimate of drug-likeness (QED) is 0.252. The van der Waals surface area contributed by atoms with E-state index in [0.717, 1.165) is 5.56 Å². The third-order valence-electron chi connectivity index (χ3n) is 5.60. The molecule has 1 saturated heterocycles. The Labute approximate surface area is 219 Å². The molecule has 1 fully saturated rings. The first-order chi connectivity index (χ1) is 17.9. The lowest BCUT2D eigenvalue weighted by Gasteiger charge is -2.28. The average molecular weight is 525 g/mol. The summed E-state index contributed by atoms with van der Waals surface area (Å²) in [5.74, 6) is -0.435. The predicted molar refractivity (Wildman–Crippen MR) is 133 cm³/mol. The number of rotatable bonds is 6. The van der Waals surface area contributed by atoms with Gasteiger partial charge in [-0.25, -0.2) is 9.59 Å². The van der Waals surface area contributed by atoms with Crippen LogP contribution in [0.2, 0.25) is 0 Å². The molecule has 3 atom stereocenters.